The third-order valence-electron chi connectivity index (χ3n) is 10.8. The molecule has 0 radical (unpaired) electrons. The summed E-state index contributed by atoms with van der Waals surface area (Å²) in [6.07, 6.45) is 16.4. The molecule has 2 saturated heterocycles. The molecular formula is C36H45N5O6. The summed E-state index contributed by atoms with van der Waals surface area (Å²) >= 11 is 0. The van der Waals surface area contributed by atoms with E-state index in [2.05, 4.69) is 27.7 Å². The van der Waals surface area contributed by atoms with Crippen LogP contribution in [-0.2, 0) is 30.3 Å². The Labute approximate surface area is 275 Å². The molecule has 1 saturated carbocycles. The molecule has 0 spiro atoms. The van der Waals surface area contributed by atoms with E-state index in [1.807, 2.05) is 15.5 Å². The molecule has 3 aliphatic heterocycles. The average Bonchev–Trinajstić information content (AvgIpc) is 3.78. The van der Waals surface area contributed by atoms with Crippen molar-refractivity contribution in [1.82, 2.24) is 24.0 Å². The normalized spacial score (nSPS) is 23.9. The monoisotopic (exact) mass is 643 g/mol. The van der Waals surface area contributed by atoms with Crippen LogP contribution in [0.2, 0.25) is 0 Å². The van der Waals surface area contributed by atoms with Gasteiger partial charge in [0.25, 0.3) is 0 Å². The Bertz CT molecular complexity index is 1680. The van der Waals surface area contributed by atoms with Crippen molar-refractivity contribution in [3.63, 3.8) is 0 Å². The number of likely N-dealkylation sites (tertiary alicyclic amines) is 1. The number of methoxy groups -OCH3 is 1. The van der Waals surface area contributed by atoms with Gasteiger partial charge in [0, 0.05) is 61.8 Å². The molecule has 47 heavy (non-hydrogen) atoms. The van der Waals surface area contributed by atoms with Gasteiger partial charge in [-0.2, -0.15) is 5.10 Å². The van der Waals surface area contributed by atoms with Gasteiger partial charge in [-0.3, -0.25) is 4.79 Å². The third kappa shape index (κ3) is 5.66. The van der Waals surface area contributed by atoms with Crippen LogP contribution in [0.25, 0.3) is 11.2 Å². The van der Waals surface area contributed by atoms with Gasteiger partial charge in [-0.05, 0) is 43.8 Å². The van der Waals surface area contributed by atoms with Gasteiger partial charge in [0.1, 0.15) is 30.4 Å². The second-order valence-corrected chi connectivity index (χ2v) is 13.5. The quantitative estimate of drug-likeness (QED) is 0.392. The summed E-state index contributed by atoms with van der Waals surface area (Å²) in [6.45, 7) is 5.66. The Morgan fingerprint density at radius 1 is 1.02 bits per heavy atom. The number of hydrogen-bond acceptors (Lipinski definition) is 8. The zero-order chi connectivity index (χ0) is 31.9. The van der Waals surface area contributed by atoms with E-state index in [-0.39, 0.29) is 11.9 Å². The number of aromatic nitrogens is 3. The van der Waals surface area contributed by atoms with Crippen molar-refractivity contribution < 1.29 is 28.5 Å². The number of esters is 1. The van der Waals surface area contributed by atoms with Gasteiger partial charge in [-0.1, -0.05) is 25.3 Å². The second kappa shape index (κ2) is 12.9. The number of nitrogens with zero attached hydrogens (tertiary/aromatic N) is 5. The van der Waals surface area contributed by atoms with E-state index in [1.165, 1.54) is 54.6 Å². The summed E-state index contributed by atoms with van der Waals surface area (Å²) in [5.41, 5.74) is 7.30. The largest absolute Gasteiger partial charge is 0.493 e. The molecule has 1 amide bonds. The number of carbonyl (C=O) groups excluding carboxylic acids is 2. The lowest BCUT2D eigenvalue weighted by Gasteiger charge is -2.36. The minimum Gasteiger partial charge on any atom is -0.493 e. The summed E-state index contributed by atoms with van der Waals surface area (Å²) in [7, 11) is 1.40. The molecule has 3 aliphatic carbocycles. The highest BCUT2D eigenvalue weighted by Gasteiger charge is 2.35. The maximum Gasteiger partial charge on any atom is 0.358 e. The van der Waals surface area contributed by atoms with E-state index in [0.717, 1.165) is 88.5 Å². The van der Waals surface area contributed by atoms with Crippen molar-refractivity contribution in [2.45, 2.75) is 82.7 Å². The van der Waals surface area contributed by atoms with Gasteiger partial charge >= 0.3 is 5.97 Å². The second-order valence-electron chi connectivity index (χ2n) is 13.5. The first-order valence-corrected chi connectivity index (χ1v) is 17.5. The first-order chi connectivity index (χ1) is 23.1. The molecule has 3 fully saturated rings. The van der Waals surface area contributed by atoms with Crippen molar-refractivity contribution in [2.24, 2.45) is 0 Å². The summed E-state index contributed by atoms with van der Waals surface area (Å²) < 4.78 is 28.0. The molecule has 250 valence electrons. The van der Waals surface area contributed by atoms with E-state index >= 15 is 0 Å². The predicted octanol–water partition coefficient (Wildman–Crippen LogP) is 4.94. The number of amides is 1. The summed E-state index contributed by atoms with van der Waals surface area (Å²) in [5, 5.41) is 4.78. The van der Waals surface area contributed by atoms with Crippen LogP contribution < -0.4 is 0 Å². The fourth-order valence-electron chi connectivity index (χ4n) is 8.41. The Morgan fingerprint density at radius 3 is 2.66 bits per heavy atom. The highest BCUT2D eigenvalue weighted by molar-refractivity contribution is 5.89. The van der Waals surface area contributed by atoms with Gasteiger partial charge in [0.05, 0.1) is 44.3 Å². The molecular weight excluding hydrogens is 598 g/mol. The zero-order valence-corrected chi connectivity index (χ0v) is 27.4. The maximum atomic E-state index is 12.6. The fraction of sp³-hybridized carbons (Fsp3) is 0.583. The summed E-state index contributed by atoms with van der Waals surface area (Å²) in [5.74, 6) is 2.02. The van der Waals surface area contributed by atoms with E-state index < -0.39 is 5.97 Å². The number of morpholine rings is 1. The van der Waals surface area contributed by atoms with E-state index in [9.17, 15) is 9.59 Å². The van der Waals surface area contributed by atoms with Crippen LogP contribution in [0.15, 0.2) is 47.1 Å². The van der Waals surface area contributed by atoms with Crippen LogP contribution in [0.1, 0.15) is 92.0 Å². The van der Waals surface area contributed by atoms with Crippen molar-refractivity contribution in [1.29, 1.82) is 0 Å². The SMILES string of the molecule is COC(=O)c1cc2n3c(c(C4CCCCC4)n2n1)C1=C(C=C(OCC2=C(N4CCOCC4)C=CC(N4CCCC4=O)C2)CC1)OCC3. The Kier molecular flexibility index (Phi) is 8.33. The molecule has 2 aromatic rings. The van der Waals surface area contributed by atoms with Gasteiger partial charge in [0.2, 0.25) is 5.91 Å². The van der Waals surface area contributed by atoms with Crippen LogP contribution >= 0.6 is 0 Å². The molecule has 0 N–H and O–H groups in total. The standard InChI is InChI=1S/C36H45N5O6/c1-44-36(43)29-22-32-40-16-19-46-31-21-27(10-11-28(31)35(40)34(41(32)37-29)24-6-3-2-4-7-24)47-23-25-20-26(39-13-5-8-33(39)42)9-12-30(25)38-14-17-45-18-15-38/h9,12,21-22,24,26H,2-8,10-11,13-20,23H2,1H3. The van der Waals surface area contributed by atoms with Gasteiger partial charge in [-0.25, -0.2) is 9.31 Å². The van der Waals surface area contributed by atoms with E-state index in [1.54, 1.807) is 0 Å². The van der Waals surface area contributed by atoms with Crippen LogP contribution in [0.4, 0.5) is 0 Å². The van der Waals surface area contributed by atoms with Gasteiger partial charge in [0.15, 0.2) is 5.69 Å². The molecule has 6 aliphatic rings. The molecule has 8 rings (SSSR count). The molecule has 1 unspecified atom stereocenters. The zero-order valence-electron chi connectivity index (χ0n) is 27.4. The number of imidazole rings is 1. The van der Waals surface area contributed by atoms with Crippen molar-refractivity contribution >= 4 is 23.1 Å². The van der Waals surface area contributed by atoms with E-state index in [0.29, 0.717) is 37.8 Å². The number of fused-ring (bicyclic) bond motifs is 4. The van der Waals surface area contributed by atoms with Crippen molar-refractivity contribution in [2.75, 3.05) is 53.2 Å². The lowest BCUT2D eigenvalue weighted by atomic mass is 9.84. The minimum absolute atomic E-state index is 0.0813. The third-order valence-corrected chi connectivity index (χ3v) is 10.8. The van der Waals surface area contributed by atoms with E-state index in [4.69, 9.17) is 24.0 Å². The lowest BCUT2D eigenvalue weighted by Crippen LogP contribution is -2.40. The van der Waals surface area contributed by atoms with Crippen LogP contribution in [0.3, 0.4) is 0 Å². The van der Waals surface area contributed by atoms with Gasteiger partial charge < -0.3 is 33.3 Å². The Morgan fingerprint density at radius 2 is 1.87 bits per heavy atom. The maximum absolute atomic E-state index is 12.6. The number of rotatable bonds is 7. The molecule has 11 nitrogen and oxygen atoms in total. The number of ether oxygens (including phenoxy) is 4. The summed E-state index contributed by atoms with van der Waals surface area (Å²) in [4.78, 5) is 29.5. The Balaban J connectivity index is 1.10. The minimum atomic E-state index is -0.413. The molecule has 0 aromatic carbocycles. The fourth-order valence-corrected chi connectivity index (χ4v) is 8.41. The highest BCUT2D eigenvalue weighted by atomic mass is 16.5. The van der Waals surface area contributed by atoms with Gasteiger partial charge in [-0.15, -0.1) is 0 Å². The molecule has 0 bridgehead atoms. The smallest absolute Gasteiger partial charge is 0.358 e. The first kappa shape index (κ1) is 30.4. The first-order valence-electron chi connectivity index (χ1n) is 17.5. The van der Waals surface area contributed by atoms with Crippen molar-refractivity contribution in [3.05, 3.63) is 64.2 Å². The van der Waals surface area contributed by atoms with Crippen LogP contribution in [0, 0.1) is 0 Å². The van der Waals surface area contributed by atoms with Crippen LogP contribution in [0.5, 0.6) is 0 Å². The predicted molar refractivity (Wildman–Crippen MR) is 174 cm³/mol. The molecule has 11 heteroatoms. The number of hydrogen-bond donors (Lipinski definition) is 0. The number of allylic oxidation sites excluding steroid dienone is 4. The average molecular weight is 644 g/mol. The van der Waals surface area contributed by atoms with Crippen LogP contribution in [-0.4, -0.2) is 95.1 Å². The summed E-state index contributed by atoms with van der Waals surface area (Å²) in [6, 6.07) is 1.94. The number of carbonyl (C=O) groups is 2. The van der Waals surface area contributed by atoms with Crippen molar-refractivity contribution in [3.8, 4) is 0 Å². The molecule has 2 aromatic heterocycles. The topological polar surface area (TPSA) is 99.8 Å². The lowest BCUT2D eigenvalue weighted by molar-refractivity contribution is -0.128. The highest BCUT2D eigenvalue weighted by Crippen LogP contribution is 2.43. The molecule has 5 heterocycles. The Hall–Kier alpha value is -3.99. The molecule has 1 atom stereocenters.